The predicted octanol–water partition coefficient (Wildman–Crippen LogP) is 1.62. The summed E-state index contributed by atoms with van der Waals surface area (Å²) >= 11 is 0. The fourth-order valence-corrected chi connectivity index (χ4v) is 3.02. The predicted molar refractivity (Wildman–Crippen MR) is 95.9 cm³/mol. The van der Waals surface area contributed by atoms with Gasteiger partial charge in [-0.1, -0.05) is 12.1 Å². The van der Waals surface area contributed by atoms with Crippen molar-refractivity contribution in [3.05, 3.63) is 29.8 Å². The lowest BCUT2D eigenvalue weighted by Gasteiger charge is -2.31. The lowest BCUT2D eigenvalue weighted by molar-refractivity contribution is -0.151. The first-order chi connectivity index (χ1) is 12.6. The summed E-state index contributed by atoms with van der Waals surface area (Å²) in [5.74, 6) is -0.354. The lowest BCUT2D eigenvalue weighted by atomic mass is 9.98. The van der Waals surface area contributed by atoms with Gasteiger partial charge in [-0.15, -0.1) is 0 Å². The fourth-order valence-electron chi connectivity index (χ4n) is 3.02. The van der Waals surface area contributed by atoms with E-state index in [0.717, 1.165) is 12.8 Å². The van der Waals surface area contributed by atoms with E-state index in [4.69, 9.17) is 9.47 Å². The maximum Gasteiger partial charge on any atom is 0.310 e. The molecule has 1 N–H and O–H groups in total. The molecule has 0 saturated carbocycles. The molecule has 0 bridgehead atoms. The van der Waals surface area contributed by atoms with E-state index in [1.807, 2.05) is 0 Å². The standard InChI is InChI=1S/C19H26N2O5/c1-3-26-19(24)14-7-6-12-21(13-14)17(22)10-11-20-18(23)15-8-4-5-9-16(15)25-2/h4-5,8-9,14H,3,6-7,10-13H2,1-2H3,(H,20,23)/t14-/m1/s1. The van der Waals surface area contributed by atoms with Gasteiger partial charge in [0.25, 0.3) is 5.91 Å². The van der Waals surface area contributed by atoms with Crippen LogP contribution >= 0.6 is 0 Å². The Morgan fingerprint density at radius 2 is 2.04 bits per heavy atom. The van der Waals surface area contributed by atoms with Crippen LogP contribution in [0.5, 0.6) is 5.75 Å². The number of likely N-dealkylation sites (tertiary alicyclic amines) is 1. The molecule has 142 valence electrons. The number of esters is 1. The summed E-state index contributed by atoms with van der Waals surface area (Å²) in [5.41, 5.74) is 0.433. The molecule has 2 rings (SSSR count). The van der Waals surface area contributed by atoms with E-state index in [0.29, 0.717) is 31.0 Å². The van der Waals surface area contributed by atoms with Crippen LogP contribution in [0.25, 0.3) is 0 Å². The van der Waals surface area contributed by atoms with E-state index >= 15 is 0 Å². The van der Waals surface area contributed by atoms with E-state index < -0.39 is 0 Å². The maximum absolute atomic E-state index is 12.4. The third-order valence-corrected chi connectivity index (χ3v) is 4.37. The number of carbonyl (C=O) groups excluding carboxylic acids is 3. The summed E-state index contributed by atoms with van der Waals surface area (Å²) in [5, 5.41) is 2.74. The Kier molecular flexibility index (Phi) is 7.44. The number of nitrogens with zero attached hydrogens (tertiary/aromatic N) is 1. The molecular weight excluding hydrogens is 336 g/mol. The quantitative estimate of drug-likeness (QED) is 0.745. The number of hydrogen-bond donors (Lipinski definition) is 1. The van der Waals surface area contributed by atoms with Crippen LogP contribution in [0, 0.1) is 5.92 Å². The van der Waals surface area contributed by atoms with Gasteiger partial charge in [-0.3, -0.25) is 14.4 Å². The monoisotopic (exact) mass is 362 g/mol. The Bertz CT molecular complexity index is 647. The van der Waals surface area contributed by atoms with Crippen LogP contribution in [0.15, 0.2) is 24.3 Å². The largest absolute Gasteiger partial charge is 0.496 e. The normalized spacial score (nSPS) is 16.7. The zero-order valence-electron chi connectivity index (χ0n) is 15.3. The molecule has 0 aliphatic carbocycles. The molecule has 0 spiro atoms. The number of carbonyl (C=O) groups is 3. The SMILES string of the molecule is CCOC(=O)[C@@H]1CCCN(C(=O)CCNC(=O)c2ccccc2OC)C1. The number of benzene rings is 1. The number of rotatable bonds is 7. The van der Waals surface area contributed by atoms with Crippen LogP contribution in [0.4, 0.5) is 0 Å². The van der Waals surface area contributed by atoms with Gasteiger partial charge in [0.15, 0.2) is 0 Å². The van der Waals surface area contributed by atoms with Crippen LogP contribution in [0.2, 0.25) is 0 Å². The summed E-state index contributed by atoms with van der Waals surface area (Å²) < 4.78 is 10.2. The van der Waals surface area contributed by atoms with E-state index in [1.54, 1.807) is 36.1 Å². The van der Waals surface area contributed by atoms with Gasteiger partial charge >= 0.3 is 5.97 Å². The Morgan fingerprint density at radius 3 is 2.77 bits per heavy atom. The van der Waals surface area contributed by atoms with E-state index in [-0.39, 0.29) is 36.7 Å². The third kappa shape index (κ3) is 5.21. The smallest absolute Gasteiger partial charge is 0.310 e. The van der Waals surface area contributed by atoms with Crippen molar-refractivity contribution in [2.24, 2.45) is 5.92 Å². The molecule has 1 aromatic rings. The number of ether oxygens (including phenoxy) is 2. The second-order valence-electron chi connectivity index (χ2n) is 6.14. The number of piperidine rings is 1. The molecule has 1 aromatic carbocycles. The Balaban J connectivity index is 1.81. The highest BCUT2D eigenvalue weighted by atomic mass is 16.5. The molecule has 1 atom stereocenters. The van der Waals surface area contributed by atoms with Crippen molar-refractivity contribution >= 4 is 17.8 Å². The second-order valence-corrected chi connectivity index (χ2v) is 6.14. The van der Waals surface area contributed by atoms with Crippen molar-refractivity contribution in [2.45, 2.75) is 26.2 Å². The molecule has 2 amide bonds. The van der Waals surface area contributed by atoms with Gasteiger partial charge in [0.1, 0.15) is 5.75 Å². The zero-order chi connectivity index (χ0) is 18.9. The number of amides is 2. The van der Waals surface area contributed by atoms with Crippen LogP contribution in [0.1, 0.15) is 36.5 Å². The van der Waals surface area contributed by atoms with Gasteiger partial charge in [-0.25, -0.2) is 0 Å². The van der Waals surface area contributed by atoms with E-state index in [2.05, 4.69) is 5.32 Å². The lowest BCUT2D eigenvalue weighted by Crippen LogP contribution is -2.43. The number of nitrogens with one attached hydrogen (secondary N) is 1. The van der Waals surface area contributed by atoms with Gasteiger partial charge < -0.3 is 19.7 Å². The van der Waals surface area contributed by atoms with Gasteiger partial charge in [0.2, 0.25) is 5.91 Å². The number of methoxy groups -OCH3 is 1. The Labute approximate surface area is 153 Å². The molecule has 7 nitrogen and oxygen atoms in total. The molecule has 0 radical (unpaired) electrons. The van der Waals surface area contributed by atoms with Crippen molar-refractivity contribution in [1.29, 1.82) is 0 Å². The molecule has 1 saturated heterocycles. The Morgan fingerprint density at radius 1 is 1.27 bits per heavy atom. The highest BCUT2D eigenvalue weighted by Crippen LogP contribution is 2.19. The minimum absolute atomic E-state index is 0.0701. The molecule has 26 heavy (non-hydrogen) atoms. The van der Waals surface area contributed by atoms with E-state index in [1.165, 1.54) is 7.11 Å². The summed E-state index contributed by atoms with van der Waals surface area (Å²) in [6, 6.07) is 6.93. The van der Waals surface area contributed by atoms with Crippen LogP contribution in [0.3, 0.4) is 0 Å². The van der Waals surface area contributed by atoms with Gasteiger partial charge in [-0.2, -0.15) is 0 Å². The molecule has 0 unspecified atom stereocenters. The summed E-state index contributed by atoms with van der Waals surface area (Å²) in [7, 11) is 1.51. The first-order valence-electron chi connectivity index (χ1n) is 8.92. The highest BCUT2D eigenvalue weighted by Gasteiger charge is 2.29. The Hall–Kier alpha value is -2.57. The van der Waals surface area contributed by atoms with Gasteiger partial charge in [0, 0.05) is 26.1 Å². The molecule has 1 aliphatic heterocycles. The maximum atomic E-state index is 12.4. The van der Waals surface area contributed by atoms with Crippen molar-refractivity contribution in [2.75, 3.05) is 33.4 Å². The fraction of sp³-hybridized carbons (Fsp3) is 0.526. The average Bonchev–Trinajstić information content (AvgIpc) is 2.68. The van der Waals surface area contributed by atoms with Crippen molar-refractivity contribution < 1.29 is 23.9 Å². The molecular formula is C19H26N2O5. The zero-order valence-corrected chi connectivity index (χ0v) is 15.3. The van der Waals surface area contributed by atoms with E-state index in [9.17, 15) is 14.4 Å². The summed E-state index contributed by atoms with van der Waals surface area (Å²) in [4.78, 5) is 38.1. The summed E-state index contributed by atoms with van der Waals surface area (Å²) in [6.07, 6.45) is 1.71. The van der Waals surface area contributed by atoms with Gasteiger partial charge in [0.05, 0.1) is 25.2 Å². The van der Waals surface area contributed by atoms with Crippen LogP contribution in [-0.2, 0) is 14.3 Å². The van der Waals surface area contributed by atoms with Crippen LogP contribution < -0.4 is 10.1 Å². The molecule has 0 aromatic heterocycles. The van der Waals surface area contributed by atoms with Crippen molar-refractivity contribution in [3.63, 3.8) is 0 Å². The average molecular weight is 362 g/mol. The minimum Gasteiger partial charge on any atom is -0.496 e. The second kappa shape index (κ2) is 9.79. The highest BCUT2D eigenvalue weighted by molar-refractivity contribution is 5.97. The number of para-hydroxylation sites is 1. The molecule has 7 heteroatoms. The molecule has 1 aliphatic rings. The third-order valence-electron chi connectivity index (χ3n) is 4.37. The molecule has 1 heterocycles. The first kappa shape index (κ1) is 19.8. The van der Waals surface area contributed by atoms with Crippen molar-refractivity contribution in [3.8, 4) is 5.75 Å². The van der Waals surface area contributed by atoms with Crippen LogP contribution in [-0.4, -0.2) is 56.0 Å². The summed E-state index contributed by atoms with van der Waals surface area (Å²) in [6.45, 7) is 3.37. The molecule has 1 fully saturated rings. The first-order valence-corrected chi connectivity index (χ1v) is 8.92. The minimum atomic E-state index is -0.279. The number of hydrogen-bond acceptors (Lipinski definition) is 5. The topological polar surface area (TPSA) is 84.9 Å². The van der Waals surface area contributed by atoms with Crippen molar-refractivity contribution in [1.82, 2.24) is 10.2 Å². The van der Waals surface area contributed by atoms with Gasteiger partial charge in [-0.05, 0) is 31.9 Å².